The van der Waals surface area contributed by atoms with E-state index in [0.29, 0.717) is 49.9 Å². The summed E-state index contributed by atoms with van der Waals surface area (Å²) < 4.78 is 31.9. The summed E-state index contributed by atoms with van der Waals surface area (Å²) in [5, 5.41) is 2.99. The first-order chi connectivity index (χ1) is 11.6. The Hall–Kier alpha value is -1.44. The smallest absolute Gasteiger partial charge is 0.243 e. The van der Waals surface area contributed by atoms with Crippen LogP contribution in [0.4, 0.5) is 0 Å². The molecule has 3 rings (SSSR count). The fourth-order valence-corrected chi connectivity index (χ4v) is 4.72. The zero-order valence-corrected chi connectivity index (χ0v) is 14.5. The number of benzene rings is 1. The van der Waals surface area contributed by atoms with Gasteiger partial charge in [0.1, 0.15) is 0 Å². The Morgan fingerprint density at radius 2 is 1.88 bits per heavy atom. The molecule has 1 N–H and O–H groups in total. The van der Waals surface area contributed by atoms with Gasteiger partial charge in [-0.3, -0.25) is 4.79 Å². The maximum Gasteiger partial charge on any atom is 0.243 e. The number of carbonyl (C=O) groups excluding carboxylic acids is 1. The number of hydrogen-bond acceptors (Lipinski definition) is 4. The van der Waals surface area contributed by atoms with Gasteiger partial charge in [0.2, 0.25) is 15.9 Å². The second kappa shape index (κ2) is 7.63. The molecule has 24 heavy (non-hydrogen) atoms. The van der Waals surface area contributed by atoms with Gasteiger partial charge in [-0.15, -0.1) is 0 Å². The summed E-state index contributed by atoms with van der Waals surface area (Å²) in [6, 6.07) is 8.46. The summed E-state index contributed by atoms with van der Waals surface area (Å²) in [4.78, 5) is 12.6. The Morgan fingerprint density at radius 1 is 1.17 bits per heavy atom. The fraction of sp³-hybridized carbons (Fsp3) is 0.588. The van der Waals surface area contributed by atoms with Gasteiger partial charge in [0, 0.05) is 38.1 Å². The van der Waals surface area contributed by atoms with Crippen molar-refractivity contribution in [3.8, 4) is 0 Å². The molecule has 1 atom stereocenters. The lowest BCUT2D eigenvalue weighted by Crippen LogP contribution is -2.43. The number of amides is 1. The molecule has 7 heteroatoms. The van der Waals surface area contributed by atoms with Crippen molar-refractivity contribution in [2.75, 3.05) is 32.8 Å². The second-order valence-corrected chi connectivity index (χ2v) is 8.40. The van der Waals surface area contributed by atoms with E-state index in [2.05, 4.69) is 5.32 Å². The second-order valence-electron chi connectivity index (χ2n) is 6.47. The highest BCUT2D eigenvalue weighted by Crippen LogP contribution is 2.24. The molecule has 0 radical (unpaired) electrons. The monoisotopic (exact) mass is 352 g/mol. The first-order valence-electron chi connectivity index (χ1n) is 8.48. The highest BCUT2D eigenvalue weighted by atomic mass is 32.2. The predicted octanol–water partition coefficient (Wildman–Crippen LogP) is 1.24. The molecular formula is C17H24N2O4S. The van der Waals surface area contributed by atoms with E-state index in [9.17, 15) is 13.2 Å². The van der Waals surface area contributed by atoms with Gasteiger partial charge in [-0.2, -0.15) is 4.31 Å². The number of piperidine rings is 1. The minimum Gasteiger partial charge on any atom is -0.381 e. The third-order valence-corrected chi connectivity index (χ3v) is 6.71. The molecular weight excluding hydrogens is 328 g/mol. The van der Waals surface area contributed by atoms with Crippen molar-refractivity contribution in [1.82, 2.24) is 9.62 Å². The van der Waals surface area contributed by atoms with Crippen molar-refractivity contribution in [3.63, 3.8) is 0 Å². The average molecular weight is 352 g/mol. The number of hydrogen-bond donors (Lipinski definition) is 1. The third kappa shape index (κ3) is 3.96. The van der Waals surface area contributed by atoms with Crippen LogP contribution in [0.25, 0.3) is 0 Å². The van der Waals surface area contributed by atoms with Crippen LogP contribution < -0.4 is 5.32 Å². The standard InChI is InChI=1S/C17H24N2O4S/c20-17(18-12-14-8-11-23-13-14)15-6-9-19(10-7-15)24(21,22)16-4-2-1-3-5-16/h1-5,14-15H,6-13H2,(H,18,20). The Bertz CT molecular complexity index is 648. The number of carbonyl (C=O) groups is 1. The van der Waals surface area contributed by atoms with Crippen LogP contribution in [-0.2, 0) is 19.6 Å². The first-order valence-corrected chi connectivity index (χ1v) is 9.92. The fourth-order valence-electron chi connectivity index (χ4n) is 3.23. The van der Waals surface area contributed by atoms with Gasteiger partial charge in [0.25, 0.3) is 0 Å². The predicted molar refractivity (Wildman–Crippen MR) is 89.9 cm³/mol. The van der Waals surface area contributed by atoms with Crippen molar-refractivity contribution < 1.29 is 17.9 Å². The van der Waals surface area contributed by atoms with Crippen LogP contribution in [0.3, 0.4) is 0 Å². The molecule has 2 aliphatic rings. The molecule has 2 fully saturated rings. The van der Waals surface area contributed by atoms with Crippen LogP contribution in [0.15, 0.2) is 35.2 Å². The lowest BCUT2D eigenvalue weighted by molar-refractivity contribution is -0.126. The van der Waals surface area contributed by atoms with Gasteiger partial charge in [-0.05, 0) is 31.4 Å². The molecule has 0 aromatic heterocycles. The van der Waals surface area contributed by atoms with Crippen LogP contribution in [0.2, 0.25) is 0 Å². The molecule has 6 nitrogen and oxygen atoms in total. The van der Waals surface area contributed by atoms with E-state index in [1.54, 1.807) is 30.3 Å². The number of nitrogens with zero attached hydrogens (tertiary/aromatic N) is 1. The average Bonchev–Trinajstić information content (AvgIpc) is 3.14. The number of nitrogens with one attached hydrogen (secondary N) is 1. The van der Waals surface area contributed by atoms with Crippen LogP contribution in [0.5, 0.6) is 0 Å². The Labute approximate surface area is 143 Å². The van der Waals surface area contributed by atoms with Crippen molar-refractivity contribution in [3.05, 3.63) is 30.3 Å². The van der Waals surface area contributed by atoms with Crippen molar-refractivity contribution >= 4 is 15.9 Å². The lowest BCUT2D eigenvalue weighted by atomic mass is 9.97. The highest BCUT2D eigenvalue weighted by Gasteiger charge is 2.32. The minimum absolute atomic E-state index is 0.0404. The topological polar surface area (TPSA) is 75.7 Å². The van der Waals surface area contributed by atoms with E-state index in [1.165, 1.54) is 4.31 Å². The van der Waals surface area contributed by atoms with Gasteiger partial charge in [0.05, 0.1) is 11.5 Å². The maximum atomic E-state index is 12.6. The lowest BCUT2D eigenvalue weighted by Gasteiger charge is -2.30. The van der Waals surface area contributed by atoms with Gasteiger partial charge >= 0.3 is 0 Å². The van der Waals surface area contributed by atoms with Gasteiger partial charge in [-0.1, -0.05) is 18.2 Å². The largest absolute Gasteiger partial charge is 0.381 e. The third-order valence-electron chi connectivity index (χ3n) is 4.79. The molecule has 2 saturated heterocycles. The number of rotatable bonds is 5. The van der Waals surface area contributed by atoms with E-state index in [0.717, 1.165) is 13.0 Å². The summed E-state index contributed by atoms with van der Waals surface area (Å²) in [5.41, 5.74) is 0. The van der Waals surface area contributed by atoms with Gasteiger partial charge < -0.3 is 10.1 Å². The number of ether oxygens (including phenoxy) is 1. The summed E-state index contributed by atoms with van der Waals surface area (Å²) in [5.74, 6) is 0.348. The molecule has 2 aliphatic heterocycles. The Morgan fingerprint density at radius 3 is 2.50 bits per heavy atom. The summed E-state index contributed by atoms with van der Waals surface area (Å²) in [7, 11) is -3.45. The quantitative estimate of drug-likeness (QED) is 0.865. The Kier molecular flexibility index (Phi) is 5.53. The molecule has 0 aliphatic carbocycles. The first kappa shape index (κ1) is 17.4. The molecule has 0 spiro atoms. The molecule has 1 aromatic rings. The van der Waals surface area contributed by atoms with E-state index >= 15 is 0 Å². The molecule has 0 saturated carbocycles. The molecule has 2 heterocycles. The molecule has 1 unspecified atom stereocenters. The van der Waals surface area contributed by atoms with Gasteiger partial charge in [-0.25, -0.2) is 8.42 Å². The molecule has 0 bridgehead atoms. The van der Waals surface area contributed by atoms with E-state index < -0.39 is 10.0 Å². The molecule has 132 valence electrons. The SMILES string of the molecule is O=C(NCC1CCOC1)C1CCN(S(=O)(=O)c2ccccc2)CC1. The van der Waals surface area contributed by atoms with Gasteiger partial charge in [0.15, 0.2) is 0 Å². The maximum absolute atomic E-state index is 12.6. The van der Waals surface area contributed by atoms with E-state index in [4.69, 9.17) is 4.74 Å². The Balaban J connectivity index is 1.51. The van der Waals surface area contributed by atoms with Crippen molar-refractivity contribution in [2.45, 2.75) is 24.2 Å². The minimum atomic E-state index is -3.45. The number of sulfonamides is 1. The molecule has 1 aromatic carbocycles. The van der Waals surface area contributed by atoms with E-state index in [-0.39, 0.29) is 11.8 Å². The summed E-state index contributed by atoms with van der Waals surface area (Å²) in [6.45, 7) is 2.93. The highest BCUT2D eigenvalue weighted by molar-refractivity contribution is 7.89. The molecule has 1 amide bonds. The van der Waals surface area contributed by atoms with Crippen LogP contribution in [0.1, 0.15) is 19.3 Å². The summed E-state index contributed by atoms with van der Waals surface area (Å²) in [6.07, 6.45) is 2.13. The summed E-state index contributed by atoms with van der Waals surface area (Å²) >= 11 is 0. The van der Waals surface area contributed by atoms with Crippen LogP contribution >= 0.6 is 0 Å². The zero-order valence-electron chi connectivity index (χ0n) is 13.7. The van der Waals surface area contributed by atoms with Crippen LogP contribution in [0, 0.1) is 11.8 Å². The van der Waals surface area contributed by atoms with Crippen molar-refractivity contribution in [2.24, 2.45) is 11.8 Å². The zero-order chi connectivity index (χ0) is 17.0. The van der Waals surface area contributed by atoms with E-state index in [1.807, 2.05) is 0 Å². The van der Waals surface area contributed by atoms with Crippen molar-refractivity contribution in [1.29, 1.82) is 0 Å². The van der Waals surface area contributed by atoms with Crippen LogP contribution in [-0.4, -0.2) is 51.5 Å². The normalized spacial score (nSPS) is 23.2.